The van der Waals surface area contributed by atoms with Gasteiger partial charge >= 0.3 is 5.97 Å². The average molecular weight is 487 g/mol. The molecule has 8 nitrogen and oxygen atoms in total. The molecule has 10 heteroatoms. The number of allylic oxidation sites excluding steroid dienone is 1. The van der Waals surface area contributed by atoms with Gasteiger partial charge in [-0.3, -0.25) is 9.36 Å². The molecule has 0 spiro atoms. The predicted octanol–water partition coefficient (Wildman–Crippen LogP) is 2.50. The molecule has 3 aromatic rings. The fourth-order valence-electron chi connectivity index (χ4n) is 3.77. The third kappa shape index (κ3) is 3.96. The lowest BCUT2D eigenvalue weighted by Crippen LogP contribution is -2.39. The SMILES string of the molecule is COC(=O)C1=C(C)N=c2sc(=Cc3cccs3)c(=O)n2[C@H]1c1cc(OC)c(OC)c(OC)c1. The van der Waals surface area contributed by atoms with Crippen molar-refractivity contribution in [2.24, 2.45) is 4.99 Å². The summed E-state index contributed by atoms with van der Waals surface area (Å²) in [6.45, 7) is 1.73. The van der Waals surface area contributed by atoms with Crippen LogP contribution in [0, 0.1) is 0 Å². The van der Waals surface area contributed by atoms with E-state index in [-0.39, 0.29) is 11.1 Å². The number of thiazole rings is 1. The fraction of sp³-hybridized carbons (Fsp3) is 0.261. The fourth-order valence-corrected chi connectivity index (χ4v) is 5.54. The molecular weight excluding hydrogens is 464 g/mol. The Hall–Kier alpha value is -3.37. The van der Waals surface area contributed by atoms with E-state index in [1.54, 1.807) is 19.1 Å². The summed E-state index contributed by atoms with van der Waals surface area (Å²) >= 11 is 2.81. The van der Waals surface area contributed by atoms with Gasteiger partial charge in [-0.05, 0) is 42.1 Å². The summed E-state index contributed by atoms with van der Waals surface area (Å²) in [6, 6.07) is 6.53. The van der Waals surface area contributed by atoms with Crippen LogP contribution in [0.25, 0.3) is 6.08 Å². The number of aromatic nitrogens is 1. The summed E-state index contributed by atoms with van der Waals surface area (Å²) in [5, 5.41) is 1.95. The minimum absolute atomic E-state index is 0.250. The van der Waals surface area contributed by atoms with Crippen LogP contribution in [0.2, 0.25) is 0 Å². The third-order valence-electron chi connectivity index (χ3n) is 5.25. The van der Waals surface area contributed by atoms with E-state index in [0.29, 0.717) is 37.8 Å². The molecule has 172 valence electrons. The normalized spacial score (nSPS) is 15.7. The zero-order valence-corrected chi connectivity index (χ0v) is 20.3. The Labute approximate surface area is 197 Å². The maximum atomic E-state index is 13.5. The van der Waals surface area contributed by atoms with Crippen LogP contribution in [0.4, 0.5) is 0 Å². The molecule has 0 N–H and O–H groups in total. The van der Waals surface area contributed by atoms with E-state index in [9.17, 15) is 9.59 Å². The van der Waals surface area contributed by atoms with Gasteiger partial charge in [-0.25, -0.2) is 9.79 Å². The topological polar surface area (TPSA) is 88.4 Å². The quantitative estimate of drug-likeness (QED) is 0.498. The van der Waals surface area contributed by atoms with E-state index in [1.165, 1.54) is 55.7 Å². The summed E-state index contributed by atoms with van der Waals surface area (Å²) in [5.41, 5.74) is 1.09. The number of thiophene rings is 1. The molecule has 0 amide bonds. The lowest BCUT2D eigenvalue weighted by molar-refractivity contribution is -0.136. The number of nitrogens with zero attached hydrogens (tertiary/aromatic N) is 2. The average Bonchev–Trinajstić information content (AvgIpc) is 3.44. The van der Waals surface area contributed by atoms with Gasteiger partial charge in [-0.1, -0.05) is 17.4 Å². The number of methoxy groups -OCH3 is 4. The monoisotopic (exact) mass is 486 g/mol. The van der Waals surface area contributed by atoms with Crippen molar-refractivity contribution in [1.82, 2.24) is 4.57 Å². The highest BCUT2D eigenvalue weighted by molar-refractivity contribution is 7.11. The molecular formula is C23H22N2O6S2. The van der Waals surface area contributed by atoms with E-state index in [1.807, 2.05) is 23.6 Å². The van der Waals surface area contributed by atoms with Gasteiger partial charge in [0.15, 0.2) is 16.3 Å². The van der Waals surface area contributed by atoms with Crippen LogP contribution in [0.5, 0.6) is 17.2 Å². The maximum Gasteiger partial charge on any atom is 0.338 e. The summed E-state index contributed by atoms with van der Waals surface area (Å²) in [6.07, 6.45) is 1.83. The van der Waals surface area contributed by atoms with Crippen LogP contribution in [-0.2, 0) is 9.53 Å². The smallest absolute Gasteiger partial charge is 0.338 e. The van der Waals surface area contributed by atoms with Crippen molar-refractivity contribution < 1.29 is 23.7 Å². The van der Waals surface area contributed by atoms with Crippen molar-refractivity contribution in [3.8, 4) is 17.2 Å². The zero-order chi connectivity index (χ0) is 23.7. The molecule has 3 heterocycles. The molecule has 4 rings (SSSR count). The summed E-state index contributed by atoms with van der Waals surface area (Å²) in [4.78, 5) is 32.4. The van der Waals surface area contributed by atoms with E-state index in [4.69, 9.17) is 18.9 Å². The first kappa shape index (κ1) is 22.8. The van der Waals surface area contributed by atoms with Crippen molar-refractivity contribution in [2.75, 3.05) is 28.4 Å². The number of fused-ring (bicyclic) bond motifs is 1. The molecule has 0 bridgehead atoms. The van der Waals surface area contributed by atoms with E-state index in [0.717, 1.165) is 4.88 Å². The van der Waals surface area contributed by atoms with E-state index < -0.39 is 12.0 Å². The highest BCUT2D eigenvalue weighted by Crippen LogP contribution is 2.42. The number of hydrogen-bond acceptors (Lipinski definition) is 9. The second-order valence-corrected chi connectivity index (χ2v) is 9.04. The van der Waals surface area contributed by atoms with Crippen LogP contribution >= 0.6 is 22.7 Å². The molecule has 33 heavy (non-hydrogen) atoms. The van der Waals surface area contributed by atoms with Crippen LogP contribution in [0.15, 0.2) is 50.7 Å². The minimum atomic E-state index is -0.784. The van der Waals surface area contributed by atoms with E-state index >= 15 is 0 Å². The first-order valence-electron chi connectivity index (χ1n) is 9.87. The maximum absolute atomic E-state index is 13.5. The van der Waals surface area contributed by atoms with Crippen molar-refractivity contribution in [1.29, 1.82) is 0 Å². The predicted molar refractivity (Wildman–Crippen MR) is 126 cm³/mol. The molecule has 0 fully saturated rings. The number of rotatable bonds is 6. The summed E-state index contributed by atoms with van der Waals surface area (Å²) in [5.74, 6) is 0.662. The van der Waals surface area contributed by atoms with Crippen LogP contribution in [0.1, 0.15) is 23.4 Å². The standard InChI is InChI=1S/C23H22N2O6S2/c1-12-18(22(27)31-5)19(13-9-15(28-2)20(30-4)16(10-13)29-3)25-21(26)17(33-23(25)24-12)11-14-7-6-8-32-14/h6-11,19H,1-5H3/t19-/m0/s1. The van der Waals surface area contributed by atoms with Crippen LogP contribution in [0.3, 0.4) is 0 Å². The third-order valence-corrected chi connectivity index (χ3v) is 7.05. The Morgan fingerprint density at radius 2 is 1.82 bits per heavy atom. The highest BCUT2D eigenvalue weighted by Gasteiger charge is 2.34. The van der Waals surface area contributed by atoms with Gasteiger partial charge < -0.3 is 18.9 Å². The summed E-state index contributed by atoms with van der Waals surface area (Å²) in [7, 11) is 5.83. The highest BCUT2D eigenvalue weighted by atomic mass is 32.1. The Morgan fingerprint density at radius 1 is 1.12 bits per heavy atom. The van der Waals surface area contributed by atoms with Gasteiger partial charge in [0, 0.05) is 4.88 Å². The minimum Gasteiger partial charge on any atom is -0.493 e. The first-order valence-corrected chi connectivity index (χ1v) is 11.6. The van der Waals surface area contributed by atoms with Gasteiger partial charge in [0.1, 0.15) is 0 Å². The molecule has 0 saturated carbocycles. The lowest BCUT2D eigenvalue weighted by Gasteiger charge is -2.25. The molecule has 1 aliphatic rings. The largest absolute Gasteiger partial charge is 0.493 e. The Kier molecular flexibility index (Phi) is 6.39. The molecule has 1 aromatic carbocycles. The lowest BCUT2D eigenvalue weighted by atomic mass is 9.95. The number of carbonyl (C=O) groups excluding carboxylic acids is 1. The first-order chi connectivity index (χ1) is 15.9. The van der Waals surface area contributed by atoms with Crippen molar-refractivity contribution in [3.63, 3.8) is 0 Å². The van der Waals surface area contributed by atoms with E-state index in [2.05, 4.69) is 4.99 Å². The Bertz CT molecular complexity index is 1390. The molecule has 0 saturated heterocycles. The zero-order valence-electron chi connectivity index (χ0n) is 18.7. The second kappa shape index (κ2) is 9.24. The van der Waals surface area contributed by atoms with Gasteiger partial charge in [0.05, 0.1) is 50.3 Å². The Balaban J connectivity index is 2.03. The molecule has 0 radical (unpaired) electrons. The second-order valence-electron chi connectivity index (χ2n) is 7.05. The molecule has 0 aliphatic carbocycles. The van der Waals surface area contributed by atoms with Gasteiger partial charge in [0.25, 0.3) is 5.56 Å². The van der Waals surface area contributed by atoms with Crippen molar-refractivity contribution >= 4 is 34.7 Å². The van der Waals surface area contributed by atoms with Gasteiger partial charge in [0.2, 0.25) is 5.75 Å². The van der Waals surface area contributed by atoms with Crippen molar-refractivity contribution in [2.45, 2.75) is 13.0 Å². The molecule has 0 unspecified atom stereocenters. The number of ether oxygens (including phenoxy) is 4. The van der Waals surface area contributed by atoms with Gasteiger partial charge in [-0.15, -0.1) is 11.3 Å². The Morgan fingerprint density at radius 3 is 2.36 bits per heavy atom. The van der Waals surface area contributed by atoms with Crippen LogP contribution in [-0.4, -0.2) is 39.0 Å². The molecule has 1 aliphatic heterocycles. The number of carbonyl (C=O) groups is 1. The number of benzene rings is 1. The summed E-state index contributed by atoms with van der Waals surface area (Å²) < 4.78 is 23.5. The van der Waals surface area contributed by atoms with Crippen LogP contribution < -0.4 is 29.1 Å². The molecule has 1 atom stereocenters. The van der Waals surface area contributed by atoms with Crippen molar-refractivity contribution in [3.05, 3.63) is 71.0 Å². The molecule has 2 aromatic heterocycles. The van der Waals surface area contributed by atoms with Gasteiger partial charge in [-0.2, -0.15) is 0 Å². The number of esters is 1. The number of hydrogen-bond donors (Lipinski definition) is 0.